The Kier molecular flexibility index (Phi) is 6.32. The summed E-state index contributed by atoms with van der Waals surface area (Å²) in [6.45, 7) is 3.26. The van der Waals surface area contributed by atoms with Crippen molar-refractivity contribution in [1.82, 2.24) is 10.3 Å². The van der Waals surface area contributed by atoms with Gasteiger partial charge in [0.25, 0.3) is 5.91 Å². The molecule has 0 fully saturated rings. The second-order valence-electron chi connectivity index (χ2n) is 6.61. The molecule has 154 valence electrons. The van der Waals surface area contributed by atoms with Crippen LogP contribution in [0, 0.1) is 12.7 Å². The molecule has 3 aromatic rings. The number of pyridine rings is 1. The highest BCUT2D eigenvalue weighted by molar-refractivity contribution is 6.30. The first kappa shape index (κ1) is 21.3. The number of benzene rings is 2. The van der Waals surface area contributed by atoms with Crippen molar-refractivity contribution in [2.75, 3.05) is 0 Å². The first-order valence-corrected chi connectivity index (χ1v) is 9.36. The van der Waals surface area contributed by atoms with Crippen molar-refractivity contribution in [1.29, 1.82) is 0 Å². The summed E-state index contributed by atoms with van der Waals surface area (Å²) >= 11 is 6.00. The van der Waals surface area contributed by atoms with Crippen molar-refractivity contribution < 1.29 is 23.8 Å². The number of carbonyl (C=O) groups is 2. The normalized spacial score (nSPS) is 11.6. The topological polar surface area (TPSA) is 88.5 Å². The molecule has 0 saturated carbocycles. The zero-order chi connectivity index (χ0) is 21.8. The maximum Gasteiger partial charge on any atom is 0.336 e. The predicted molar refractivity (Wildman–Crippen MR) is 110 cm³/mol. The molecule has 0 aliphatic carbocycles. The summed E-state index contributed by atoms with van der Waals surface area (Å²) in [5.74, 6) is -1.72. The van der Waals surface area contributed by atoms with E-state index in [4.69, 9.17) is 16.3 Å². The van der Waals surface area contributed by atoms with E-state index in [-0.39, 0.29) is 27.8 Å². The molecule has 0 aliphatic rings. The summed E-state index contributed by atoms with van der Waals surface area (Å²) in [6.07, 6.45) is 1.33. The third kappa shape index (κ3) is 4.75. The first-order chi connectivity index (χ1) is 14.3. The fourth-order valence-corrected chi connectivity index (χ4v) is 3.04. The van der Waals surface area contributed by atoms with E-state index in [1.165, 1.54) is 36.5 Å². The number of aromatic nitrogens is 1. The lowest BCUT2D eigenvalue weighted by Gasteiger charge is -2.17. The van der Waals surface area contributed by atoms with Crippen LogP contribution in [0.4, 0.5) is 4.39 Å². The van der Waals surface area contributed by atoms with Crippen LogP contribution < -0.4 is 10.1 Å². The molecule has 0 saturated heterocycles. The summed E-state index contributed by atoms with van der Waals surface area (Å²) in [6, 6.07) is 11.3. The number of aromatic carboxylic acids is 1. The van der Waals surface area contributed by atoms with Crippen LogP contribution in [0.1, 0.15) is 44.8 Å². The molecule has 6 nitrogen and oxygen atoms in total. The monoisotopic (exact) mass is 428 g/mol. The standard InChI is InChI=1S/C22H18ClFN2O4/c1-12-9-15(7-8-19(12)24)30-21-18(10-14(23)11-25-21)20(27)26-13(2)16-5-3-4-6-17(16)22(28)29/h3-11,13H,1-2H3,(H,26,27)(H,28,29)/t13-/m0/s1. The molecule has 1 atom stereocenters. The summed E-state index contributed by atoms with van der Waals surface area (Å²) in [7, 11) is 0. The van der Waals surface area contributed by atoms with Crippen molar-refractivity contribution in [2.45, 2.75) is 19.9 Å². The van der Waals surface area contributed by atoms with Gasteiger partial charge < -0.3 is 15.2 Å². The van der Waals surface area contributed by atoms with Crippen LogP contribution >= 0.6 is 11.6 Å². The summed E-state index contributed by atoms with van der Waals surface area (Å²) in [5.41, 5.74) is 0.980. The molecule has 2 aromatic carbocycles. The number of hydrogen-bond donors (Lipinski definition) is 2. The average molecular weight is 429 g/mol. The number of ether oxygens (including phenoxy) is 1. The molecule has 3 rings (SSSR count). The molecule has 1 aromatic heterocycles. The van der Waals surface area contributed by atoms with Crippen LogP contribution in [0.5, 0.6) is 11.6 Å². The molecule has 30 heavy (non-hydrogen) atoms. The number of carboxylic acids is 1. The molecule has 1 heterocycles. The third-order valence-electron chi connectivity index (χ3n) is 4.41. The number of rotatable bonds is 6. The lowest BCUT2D eigenvalue weighted by Crippen LogP contribution is -2.28. The van der Waals surface area contributed by atoms with Crippen molar-refractivity contribution in [3.8, 4) is 11.6 Å². The maximum atomic E-state index is 13.5. The van der Waals surface area contributed by atoms with Gasteiger partial charge in [0.15, 0.2) is 0 Å². The van der Waals surface area contributed by atoms with E-state index in [2.05, 4.69) is 10.3 Å². The Morgan fingerprint density at radius 2 is 1.90 bits per heavy atom. The molecule has 0 aliphatic heterocycles. The highest BCUT2D eigenvalue weighted by Gasteiger charge is 2.21. The van der Waals surface area contributed by atoms with Crippen LogP contribution in [0.15, 0.2) is 54.7 Å². The van der Waals surface area contributed by atoms with E-state index in [0.717, 1.165) is 0 Å². The van der Waals surface area contributed by atoms with Gasteiger partial charge in [0.2, 0.25) is 5.88 Å². The Balaban J connectivity index is 1.88. The van der Waals surface area contributed by atoms with Crippen LogP contribution in [0.2, 0.25) is 5.02 Å². The van der Waals surface area contributed by atoms with E-state index in [9.17, 15) is 19.1 Å². The van der Waals surface area contributed by atoms with Gasteiger partial charge in [-0.05, 0) is 55.3 Å². The molecule has 0 radical (unpaired) electrons. The van der Waals surface area contributed by atoms with Gasteiger partial charge in [-0.1, -0.05) is 29.8 Å². The van der Waals surface area contributed by atoms with Gasteiger partial charge in [-0.3, -0.25) is 4.79 Å². The van der Waals surface area contributed by atoms with Gasteiger partial charge in [-0.2, -0.15) is 0 Å². The Morgan fingerprint density at radius 1 is 1.17 bits per heavy atom. The van der Waals surface area contributed by atoms with Gasteiger partial charge in [0.05, 0.1) is 16.6 Å². The summed E-state index contributed by atoms with van der Waals surface area (Å²) in [4.78, 5) is 28.4. The number of carboxylic acid groups (broad SMARTS) is 1. The van der Waals surface area contributed by atoms with Gasteiger partial charge in [-0.25, -0.2) is 14.2 Å². The van der Waals surface area contributed by atoms with Gasteiger partial charge in [0, 0.05) is 6.20 Å². The molecule has 1 amide bonds. The summed E-state index contributed by atoms with van der Waals surface area (Å²) in [5, 5.41) is 12.3. The van der Waals surface area contributed by atoms with E-state index < -0.39 is 17.9 Å². The van der Waals surface area contributed by atoms with Gasteiger partial charge >= 0.3 is 5.97 Å². The van der Waals surface area contributed by atoms with Gasteiger partial charge in [0.1, 0.15) is 17.1 Å². The lowest BCUT2D eigenvalue weighted by atomic mass is 10.0. The molecule has 0 bridgehead atoms. The molecule has 8 heteroatoms. The fraction of sp³-hybridized carbons (Fsp3) is 0.136. The summed E-state index contributed by atoms with van der Waals surface area (Å²) < 4.78 is 19.2. The minimum absolute atomic E-state index is 0.0124. The van der Waals surface area contributed by atoms with Crippen molar-refractivity contribution in [2.24, 2.45) is 0 Å². The minimum atomic E-state index is -1.09. The number of amides is 1. The van der Waals surface area contributed by atoms with E-state index in [1.807, 2.05) is 0 Å². The predicted octanol–water partition coefficient (Wildman–Crippen LogP) is 5.16. The molecular formula is C22H18ClFN2O4. The highest BCUT2D eigenvalue weighted by Crippen LogP contribution is 2.27. The van der Waals surface area contributed by atoms with E-state index >= 15 is 0 Å². The van der Waals surface area contributed by atoms with E-state index in [1.54, 1.807) is 32.0 Å². The number of hydrogen-bond acceptors (Lipinski definition) is 4. The van der Waals surface area contributed by atoms with Crippen molar-refractivity contribution >= 4 is 23.5 Å². The number of aryl methyl sites for hydroxylation is 1. The van der Waals surface area contributed by atoms with Crippen LogP contribution in [0.25, 0.3) is 0 Å². The van der Waals surface area contributed by atoms with E-state index in [0.29, 0.717) is 16.9 Å². The minimum Gasteiger partial charge on any atom is -0.478 e. The molecular weight excluding hydrogens is 411 g/mol. The van der Waals surface area contributed by atoms with Crippen LogP contribution in [0.3, 0.4) is 0 Å². The zero-order valence-corrected chi connectivity index (χ0v) is 16.9. The quantitative estimate of drug-likeness (QED) is 0.565. The van der Waals surface area contributed by atoms with Crippen LogP contribution in [-0.2, 0) is 0 Å². The van der Waals surface area contributed by atoms with Crippen molar-refractivity contribution in [3.05, 3.63) is 87.8 Å². The second-order valence-corrected chi connectivity index (χ2v) is 7.04. The maximum absolute atomic E-state index is 13.5. The Morgan fingerprint density at radius 3 is 2.60 bits per heavy atom. The molecule has 2 N–H and O–H groups in total. The second kappa shape index (κ2) is 8.92. The van der Waals surface area contributed by atoms with Crippen LogP contribution in [-0.4, -0.2) is 22.0 Å². The number of halogens is 2. The van der Waals surface area contributed by atoms with Gasteiger partial charge in [-0.15, -0.1) is 0 Å². The molecule has 0 unspecified atom stereocenters. The average Bonchev–Trinajstić information content (AvgIpc) is 2.71. The first-order valence-electron chi connectivity index (χ1n) is 8.99. The zero-order valence-electron chi connectivity index (χ0n) is 16.1. The Hall–Kier alpha value is -3.45. The number of nitrogens with one attached hydrogen (secondary N) is 1. The highest BCUT2D eigenvalue weighted by atomic mass is 35.5. The third-order valence-corrected chi connectivity index (χ3v) is 4.62. The SMILES string of the molecule is Cc1cc(Oc2ncc(Cl)cc2C(=O)N[C@@H](C)c2ccccc2C(=O)O)ccc1F. The smallest absolute Gasteiger partial charge is 0.336 e. The largest absolute Gasteiger partial charge is 0.478 e. The number of carbonyl (C=O) groups excluding carboxylic acids is 1. The Bertz CT molecular complexity index is 1120. The molecule has 0 spiro atoms. The van der Waals surface area contributed by atoms with Crippen molar-refractivity contribution in [3.63, 3.8) is 0 Å². The number of nitrogens with zero attached hydrogens (tertiary/aromatic N) is 1. The fourth-order valence-electron chi connectivity index (χ4n) is 2.88. The lowest BCUT2D eigenvalue weighted by molar-refractivity contribution is 0.0693. The Labute approximate surface area is 177 Å².